The third kappa shape index (κ3) is 4.94. The summed E-state index contributed by atoms with van der Waals surface area (Å²) in [6.07, 6.45) is 2.49. The number of allylic oxidation sites excluding steroid dienone is 3. The number of hydrogen-bond donors (Lipinski definition) is 0. The van der Waals surface area contributed by atoms with Crippen molar-refractivity contribution in [2.24, 2.45) is 0 Å². The van der Waals surface area contributed by atoms with Crippen LogP contribution in [-0.2, 0) is 30.1 Å². The number of thioether (sulfide) groups is 1. The molecule has 0 spiro atoms. The van der Waals surface area contributed by atoms with Gasteiger partial charge in [0.2, 0.25) is 0 Å². The standard InChI is InChI=1S/C33H35S2Si.2ClH.Zr/c1-18-16-25-23(21-12-14-22(15-13-21)33(4,5)6)10-9-11-24(25)28(18)29-19(2)34-26-17-27-31(30(26)29)32(36(7)8)20(3)35-27;;;/h9-16,26,28,36H,1-8H3;2*1H;. The molecule has 6 heteroatoms. The Morgan fingerprint density at radius 2 is 1.56 bits per heavy atom. The van der Waals surface area contributed by atoms with Crippen LogP contribution in [0.25, 0.3) is 26.1 Å². The minimum absolute atomic E-state index is 0. The van der Waals surface area contributed by atoms with Crippen molar-refractivity contribution in [3.63, 3.8) is 0 Å². The van der Waals surface area contributed by atoms with Crippen molar-refractivity contribution in [2.75, 3.05) is 0 Å². The predicted molar refractivity (Wildman–Crippen MR) is 179 cm³/mol. The molecule has 2 atom stereocenters. The van der Waals surface area contributed by atoms with Gasteiger partial charge in [-0.2, -0.15) is 0 Å². The molecule has 3 aromatic rings. The Balaban J connectivity index is 0.00000176. The maximum absolute atomic E-state index is 2.51. The van der Waals surface area contributed by atoms with Crippen molar-refractivity contribution in [2.45, 2.75) is 71.2 Å². The molecule has 1 aromatic heterocycles. The zero-order valence-electron chi connectivity index (χ0n) is 24.0. The van der Waals surface area contributed by atoms with Gasteiger partial charge in [0.1, 0.15) is 0 Å². The van der Waals surface area contributed by atoms with E-state index in [1.165, 1.54) is 38.3 Å². The molecular weight excluding hydrogens is 651 g/mol. The van der Waals surface area contributed by atoms with E-state index in [1.807, 2.05) is 0 Å². The molecule has 3 aliphatic rings. The minimum Gasteiger partial charge on any atom is -0.147 e. The first-order valence-corrected chi connectivity index (χ1v) is 19.2. The molecule has 0 amide bonds. The van der Waals surface area contributed by atoms with Gasteiger partial charge in [-0.05, 0) is 5.41 Å². The summed E-state index contributed by atoms with van der Waals surface area (Å²) in [6, 6.07) is 16.3. The van der Waals surface area contributed by atoms with Crippen molar-refractivity contribution in [3.05, 3.63) is 89.8 Å². The Bertz CT molecular complexity index is 1650. The van der Waals surface area contributed by atoms with Crippen molar-refractivity contribution < 1.29 is 24.7 Å². The molecule has 0 saturated carbocycles. The maximum Gasteiger partial charge on any atom is -0.147 e. The molecule has 6 rings (SSSR count). The second kappa shape index (κ2) is 11.2. The SMILES string of the molecule is CC1=Cc2c(-c3ccc(C(C)(C)C)cc3)cccc2C1C1=C(C)SC2[C]([Zr])=c3sc(C)c([SiH](C)C)c3=C12.Cl.Cl. The van der Waals surface area contributed by atoms with Gasteiger partial charge in [0.05, 0.1) is 0 Å². The van der Waals surface area contributed by atoms with E-state index in [2.05, 4.69) is 126 Å². The van der Waals surface area contributed by atoms with Gasteiger partial charge in [0.25, 0.3) is 0 Å². The Morgan fingerprint density at radius 3 is 2.18 bits per heavy atom. The molecule has 1 aliphatic heterocycles. The van der Waals surface area contributed by atoms with Crippen LogP contribution in [0.3, 0.4) is 0 Å². The van der Waals surface area contributed by atoms with E-state index in [9.17, 15) is 0 Å². The Hall–Kier alpha value is -0.610. The summed E-state index contributed by atoms with van der Waals surface area (Å²) in [5, 5.41) is 3.94. The van der Waals surface area contributed by atoms with Gasteiger partial charge in [-0.15, -0.1) is 24.8 Å². The number of thiophene rings is 1. The number of fused-ring (bicyclic) bond motifs is 3. The molecule has 0 radical (unpaired) electrons. The summed E-state index contributed by atoms with van der Waals surface area (Å²) >= 11 is 5.80. The van der Waals surface area contributed by atoms with Crippen molar-refractivity contribution >= 4 is 76.8 Å². The number of hydrogen-bond acceptors (Lipinski definition) is 2. The first kappa shape index (κ1) is 31.3. The van der Waals surface area contributed by atoms with E-state index in [-0.39, 0.29) is 30.2 Å². The van der Waals surface area contributed by atoms with E-state index in [0.29, 0.717) is 11.2 Å². The Morgan fingerprint density at radius 1 is 0.897 bits per heavy atom. The van der Waals surface area contributed by atoms with Crippen LogP contribution in [0.4, 0.5) is 0 Å². The normalized spacial score (nSPS) is 19.5. The molecule has 2 unspecified atom stereocenters. The van der Waals surface area contributed by atoms with Crippen LogP contribution in [0, 0.1) is 6.92 Å². The van der Waals surface area contributed by atoms with Gasteiger partial charge in [-0.25, -0.2) is 0 Å². The predicted octanol–water partition coefficient (Wildman–Crippen LogP) is 7.97. The molecule has 0 nitrogen and oxygen atoms in total. The fraction of sp³-hybridized carbons (Fsp3) is 0.333. The molecule has 203 valence electrons. The van der Waals surface area contributed by atoms with Crippen LogP contribution in [0.1, 0.15) is 62.1 Å². The smallest absolute Gasteiger partial charge is 0.147 e. The van der Waals surface area contributed by atoms with Crippen LogP contribution in [0.5, 0.6) is 0 Å². The van der Waals surface area contributed by atoms with Crippen LogP contribution in [-0.4, -0.2) is 14.0 Å². The number of aryl methyl sites for hydroxylation is 1. The first-order chi connectivity index (χ1) is 17.5. The third-order valence-corrected chi connectivity index (χ3v) is 15.1. The van der Waals surface area contributed by atoms with Gasteiger partial charge in [0, 0.05) is 0 Å². The first-order valence-electron chi connectivity index (χ1n) is 13.4. The van der Waals surface area contributed by atoms with E-state index in [4.69, 9.17) is 0 Å². The number of rotatable bonds is 3. The zero-order valence-corrected chi connectivity index (χ0v) is 30.9. The van der Waals surface area contributed by atoms with Gasteiger partial charge in [0.15, 0.2) is 0 Å². The van der Waals surface area contributed by atoms with Crippen LogP contribution in [0.15, 0.2) is 58.5 Å². The van der Waals surface area contributed by atoms with Crippen molar-refractivity contribution in [1.29, 1.82) is 0 Å². The Labute approximate surface area is 271 Å². The van der Waals surface area contributed by atoms with Gasteiger partial charge < -0.3 is 0 Å². The second-order valence-electron chi connectivity index (χ2n) is 12.2. The molecule has 39 heavy (non-hydrogen) atoms. The average Bonchev–Trinajstić information content (AvgIpc) is 3.52. The van der Waals surface area contributed by atoms with Gasteiger partial charge >= 0.3 is 223 Å². The van der Waals surface area contributed by atoms with Crippen LogP contribution >= 0.6 is 47.9 Å². The number of halogens is 2. The largest absolute Gasteiger partial charge is 0.147 e. The van der Waals surface area contributed by atoms with Gasteiger partial charge in [-0.1, -0.05) is 20.8 Å². The molecule has 0 N–H and O–H groups in total. The molecule has 2 heterocycles. The monoisotopic (exact) mass is 685 g/mol. The summed E-state index contributed by atoms with van der Waals surface area (Å²) in [5.74, 6) is 0.368. The summed E-state index contributed by atoms with van der Waals surface area (Å²) in [7, 11) is -0.934. The quantitative estimate of drug-likeness (QED) is 0.252. The van der Waals surface area contributed by atoms with Crippen molar-refractivity contribution in [1.82, 2.24) is 0 Å². The van der Waals surface area contributed by atoms with Gasteiger partial charge in [-0.3, -0.25) is 0 Å². The molecule has 2 aliphatic carbocycles. The van der Waals surface area contributed by atoms with E-state index >= 15 is 0 Å². The summed E-state index contributed by atoms with van der Waals surface area (Å²) in [4.78, 5) is 3.11. The molecule has 0 bridgehead atoms. The second-order valence-corrected chi connectivity index (χ2v) is 18.9. The molecular formula is C33H37Cl2S2SiZr. The third-order valence-electron chi connectivity index (χ3n) is 8.34. The topological polar surface area (TPSA) is 0 Å². The fourth-order valence-electron chi connectivity index (χ4n) is 6.62. The molecule has 2 aromatic carbocycles. The van der Waals surface area contributed by atoms with Crippen molar-refractivity contribution in [3.8, 4) is 11.1 Å². The fourth-order valence-corrected chi connectivity index (χ4v) is 13.2. The molecule has 0 saturated heterocycles. The Kier molecular flexibility index (Phi) is 9.02. The van der Waals surface area contributed by atoms with Crippen LogP contribution in [0.2, 0.25) is 13.1 Å². The summed E-state index contributed by atoms with van der Waals surface area (Å²) in [6.45, 7) is 19.0. The summed E-state index contributed by atoms with van der Waals surface area (Å²) < 4.78 is 3.30. The number of benzene rings is 2. The van der Waals surface area contributed by atoms with E-state index in [0.717, 1.165) is 0 Å². The summed E-state index contributed by atoms with van der Waals surface area (Å²) in [5.41, 5.74) is 12.0. The van der Waals surface area contributed by atoms with E-state index < -0.39 is 8.80 Å². The average molecular weight is 688 g/mol. The molecule has 0 fully saturated rings. The van der Waals surface area contributed by atoms with E-state index in [1.54, 1.807) is 59.0 Å². The minimum atomic E-state index is -0.934. The zero-order chi connectivity index (χ0) is 26.4. The maximum atomic E-state index is 2.51. The van der Waals surface area contributed by atoms with Crippen LogP contribution < -0.4 is 14.9 Å².